The van der Waals surface area contributed by atoms with Gasteiger partial charge < -0.3 is 16.0 Å². The highest BCUT2D eigenvalue weighted by Gasteiger charge is 2.47. The maximum atomic E-state index is 13.6. The maximum absolute atomic E-state index is 13.6. The minimum Gasteiger partial charge on any atom is -0.350 e. The number of sulfonamides is 1. The fourth-order valence-electron chi connectivity index (χ4n) is 4.55. The number of carbonyl (C=O) groups excluding carboxylic acids is 2. The first-order chi connectivity index (χ1) is 17.5. The van der Waals surface area contributed by atoms with Gasteiger partial charge in [0.25, 0.3) is 17.5 Å². The van der Waals surface area contributed by atoms with Crippen molar-refractivity contribution in [1.82, 2.24) is 14.5 Å². The normalized spacial score (nSPS) is 22.6. The van der Waals surface area contributed by atoms with Gasteiger partial charge in [0.2, 0.25) is 10.0 Å². The summed E-state index contributed by atoms with van der Waals surface area (Å²) in [7, 11) is -4.26. The molecule has 4 rings (SSSR count). The zero-order valence-corrected chi connectivity index (χ0v) is 21.9. The van der Waals surface area contributed by atoms with Crippen molar-refractivity contribution < 1.29 is 22.9 Å². The lowest BCUT2D eigenvalue weighted by molar-refractivity contribution is -0.384. The molecule has 37 heavy (non-hydrogen) atoms. The van der Waals surface area contributed by atoms with E-state index >= 15 is 0 Å². The van der Waals surface area contributed by atoms with Gasteiger partial charge in [0.15, 0.2) is 6.17 Å². The van der Waals surface area contributed by atoms with Crippen molar-refractivity contribution in [2.75, 3.05) is 13.1 Å². The number of amides is 2. The minimum atomic E-state index is -4.26. The van der Waals surface area contributed by atoms with Crippen LogP contribution in [0.3, 0.4) is 0 Å². The SMILES string of the molecule is NC1CCC(NC(=O)C2N(C(=O)c3ccc([N+](=O)[O-])cc3)CCN2S(=O)(=O)c2ccc(Cl)c(Cl)c2)CC1. The molecule has 1 heterocycles. The maximum Gasteiger partial charge on any atom is 0.269 e. The third kappa shape index (κ3) is 5.73. The Labute approximate surface area is 223 Å². The van der Waals surface area contributed by atoms with Gasteiger partial charge in [0, 0.05) is 42.9 Å². The Kier molecular flexibility index (Phi) is 8.05. The lowest BCUT2D eigenvalue weighted by Gasteiger charge is -2.32. The van der Waals surface area contributed by atoms with Crippen LogP contribution in [0.4, 0.5) is 5.69 Å². The molecule has 1 aliphatic heterocycles. The number of hydrogen-bond acceptors (Lipinski definition) is 7. The molecular weight excluding hydrogens is 545 g/mol. The molecular formula is C23H25Cl2N5O6S. The Bertz CT molecular complexity index is 1320. The van der Waals surface area contributed by atoms with Crippen LogP contribution in [0.15, 0.2) is 47.4 Å². The third-order valence-electron chi connectivity index (χ3n) is 6.57. The smallest absolute Gasteiger partial charge is 0.269 e. The number of nitro groups is 1. The van der Waals surface area contributed by atoms with Crippen molar-refractivity contribution in [1.29, 1.82) is 0 Å². The van der Waals surface area contributed by atoms with E-state index in [0.29, 0.717) is 25.7 Å². The predicted molar refractivity (Wildman–Crippen MR) is 137 cm³/mol. The van der Waals surface area contributed by atoms with Gasteiger partial charge in [-0.05, 0) is 56.0 Å². The molecule has 2 aromatic rings. The first-order valence-corrected chi connectivity index (χ1v) is 13.8. The van der Waals surface area contributed by atoms with E-state index in [9.17, 15) is 28.1 Å². The van der Waals surface area contributed by atoms with Crippen molar-refractivity contribution in [3.05, 3.63) is 68.2 Å². The van der Waals surface area contributed by atoms with Gasteiger partial charge in [-0.3, -0.25) is 19.7 Å². The van der Waals surface area contributed by atoms with Crippen LogP contribution in [0.5, 0.6) is 0 Å². The Morgan fingerprint density at radius 1 is 1.00 bits per heavy atom. The molecule has 3 N–H and O–H groups in total. The van der Waals surface area contributed by atoms with E-state index < -0.39 is 32.9 Å². The second-order valence-corrected chi connectivity index (χ2v) is 11.7. The van der Waals surface area contributed by atoms with Crippen LogP contribution in [0.1, 0.15) is 36.0 Å². The number of nitrogens with two attached hydrogens (primary N) is 1. The molecule has 11 nitrogen and oxygen atoms in total. The number of nitro benzene ring substituents is 1. The monoisotopic (exact) mass is 569 g/mol. The number of rotatable bonds is 6. The van der Waals surface area contributed by atoms with Crippen LogP contribution in [0, 0.1) is 10.1 Å². The van der Waals surface area contributed by atoms with Crippen molar-refractivity contribution in [2.24, 2.45) is 5.73 Å². The highest BCUT2D eigenvalue weighted by Crippen LogP contribution is 2.31. The molecule has 198 valence electrons. The summed E-state index contributed by atoms with van der Waals surface area (Å²) in [5.74, 6) is -1.27. The van der Waals surface area contributed by atoms with E-state index in [1.165, 1.54) is 42.5 Å². The average molecular weight is 570 g/mol. The summed E-state index contributed by atoms with van der Waals surface area (Å²) in [4.78, 5) is 38.3. The first-order valence-electron chi connectivity index (χ1n) is 11.6. The molecule has 0 bridgehead atoms. The van der Waals surface area contributed by atoms with Gasteiger partial charge in [-0.25, -0.2) is 8.42 Å². The molecule has 0 aromatic heterocycles. The van der Waals surface area contributed by atoms with E-state index in [4.69, 9.17) is 28.9 Å². The number of nitrogens with one attached hydrogen (secondary N) is 1. The van der Waals surface area contributed by atoms with Crippen molar-refractivity contribution in [2.45, 2.75) is 48.8 Å². The summed E-state index contributed by atoms with van der Waals surface area (Å²) in [5.41, 5.74) is 5.84. The molecule has 14 heteroatoms. The van der Waals surface area contributed by atoms with Gasteiger partial charge in [0.05, 0.1) is 19.9 Å². The lowest BCUT2D eigenvalue weighted by Crippen LogP contribution is -2.56. The van der Waals surface area contributed by atoms with Crippen LogP contribution in [-0.4, -0.2) is 65.7 Å². The summed E-state index contributed by atoms with van der Waals surface area (Å²) in [6.07, 6.45) is 1.22. The summed E-state index contributed by atoms with van der Waals surface area (Å²) in [5, 5.41) is 14.1. The lowest BCUT2D eigenvalue weighted by atomic mass is 9.92. The van der Waals surface area contributed by atoms with E-state index in [1.54, 1.807) is 0 Å². The van der Waals surface area contributed by atoms with E-state index in [2.05, 4.69) is 5.32 Å². The van der Waals surface area contributed by atoms with Crippen LogP contribution in [-0.2, 0) is 14.8 Å². The Morgan fingerprint density at radius 3 is 2.24 bits per heavy atom. The second kappa shape index (κ2) is 10.9. The fourth-order valence-corrected chi connectivity index (χ4v) is 6.48. The van der Waals surface area contributed by atoms with Crippen LogP contribution in [0.2, 0.25) is 10.0 Å². The van der Waals surface area contributed by atoms with Crippen LogP contribution < -0.4 is 11.1 Å². The van der Waals surface area contributed by atoms with Gasteiger partial charge in [0.1, 0.15) is 0 Å². The number of benzene rings is 2. The first kappa shape index (κ1) is 27.3. The molecule has 2 aliphatic rings. The van der Waals surface area contributed by atoms with Crippen molar-refractivity contribution in [3.8, 4) is 0 Å². The van der Waals surface area contributed by atoms with Gasteiger partial charge in [-0.15, -0.1) is 0 Å². The summed E-state index contributed by atoms with van der Waals surface area (Å²) >= 11 is 12.0. The largest absolute Gasteiger partial charge is 0.350 e. The van der Waals surface area contributed by atoms with Crippen molar-refractivity contribution in [3.63, 3.8) is 0 Å². The molecule has 2 aromatic carbocycles. The molecule has 0 radical (unpaired) electrons. The number of halogens is 2. The Balaban J connectivity index is 1.66. The van der Waals surface area contributed by atoms with Crippen molar-refractivity contribution >= 4 is 50.7 Å². The quantitative estimate of drug-likeness (QED) is 0.400. The number of nitrogens with zero attached hydrogens (tertiary/aromatic N) is 3. The summed E-state index contributed by atoms with van der Waals surface area (Å²) in [6, 6.07) is 8.54. The Morgan fingerprint density at radius 2 is 1.65 bits per heavy atom. The molecule has 1 atom stereocenters. The van der Waals surface area contributed by atoms with E-state index in [0.717, 1.165) is 9.21 Å². The fraction of sp³-hybridized carbons (Fsp3) is 0.391. The predicted octanol–water partition coefficient (Wildman–Crippen LogP) is 2.76. The molecule has 1 unspecified atom stereocenters. The second-order valence-electron chi connectivity index (χ2n) is 8.99. The Hall–Kier alpha value is -2.77. The standard InChI is InChI=1S/C23H25Cl2N5O6S/c24-19-10-9-18(13-20(19)25)37(35,36)29-12-11-28(23(32)14-1-7-17(8-2-14)30(33)34)22(29)21(31)27-16-5-3-15(26)4-6-16/h1-2,7-10,13,15-16,22H,3-6,11-12,26H2,(H,27,31). The zero-order valence-electron chi connectivity index (χ0n) is 19.5. The molecule has 1 saturated carbocycles. The topological polar surface area (TPSA) is 156 Å². The van der Waals surface area contributed by atoms with Crippen LogP contribution >= 0.6 is 23.2 Å². The number of non-ortho nitro benzene ring substituents is 1. The van der Waals surface area contributed by atoms with Crippen LogP contribution in [0.25, 0.3) is 0 Å². The zero-order chi connectivity index (χ0) is 26.9. The number of carbonyl (C=O) groups is 2. The van der Waals surface area contributed by atoms with E-state index in [-0.39, 0.29) is 51.4 Å². The molecule has 0 spiro atoms. The van der Waals surface area contributed by atoms with Gasteiger partial charge in [-0.2, -0.15) is 4.31 Å². The highest BCUT2D eigenvalue weighted by molar-refractivity contribution is 7.89. The molecule has 2 amide bonds. The molecule has 1 aliphatic carbocycles. The third-order valence-corrected chi connectivity index (χ3v) is 9.15. The highest BCUT2D eigenvalue weighted by atomic mass is 35.5. The summed E-state index contributed by atoms with van der Waals surface area (Å²) < 4.78 is 28.1. The van der Waals surface area contributed by atoms with E-state index in [1.807, 2.05) is 0 Å². The minimum absolute atomic E-state index is 0.0281. The molecule has 1 saturated heterocycles. The van der Waals surface area contributed by atoms with Gasteiger partial charge >= 0.3 is 0 Å². The average Bonchev–Trinajstić information content (AvgIpc) is 3.33. The summed E-state index contributed by atoms with van der Waals surface area (Å²) in [6.45, 7) is -0.209. The molecule has 2 fully saturated rings. The van der Waals surface area contributed by atoms with Gasteiger partial charge in [-0.1, -0.05) is 23.2 Å². The number of hydrogen-bond donors (Lipinski definition) is 2.